The van der Waals surface area contributed by atoms with Gasteiger partial charge >= 0.3 is 7.82 Å². The molecular weight excluding hydrogens is 361 g/mol. The number of hydrogen-bond acceptors (Lipinski definition) is 9. The number of fused-ring (bicyclic) bond motifs is 1. The standard InChI is InChI=1S/C11H16N5O8P/c1-11(7(18)6(17)4(24-11)2-23-25(20,21)22)16-3-13-5-8(16)14-10(12)15-9(5)19/h3-4,6-7,17-18H,2H2,1H3,(H2,20,21,22)(H3,12,14,15,19)/t4-,6-,7-,11-/m1/s1. The number of imidazole rings is 1. The van der Waals surface area contributed by atoms with Crippen LogP contribution in [0.5, 0.6) is 0 Å². The summed E-state index contributed by atoms with van der Waals surface area (Å²) in [5.41, 5.74) is 3.23. The molecule has 0 unspecified atom stereocenters. The Bertz CT molecular complexity index is 907. The van der Waals surface area contributed by atoms with Crippen LogP contribution in [-0.2, 0) is 19.6 Å². The van der Waals surface area contributed by atoms with Crippen LogP contribution < -0.4 is 11.3 Å². The molecule has 14 heteroatoms. The number of nitrogens with zero attached hydrogens (tertiary/aromatic N) is 3. The second-order valence-electron chi connectivity index (χ2n) is 5.67. The topological polar surface area (TPSA) is 206 Å². The van der Waals surface area contributed by atoms with Crippen molar-refractivity contribution in [2.45, 2.75) is 31.0 Å². The third-order valence-electron chi connectivity index (χ3n) is 3.95. The van der Waals surface area contributed by atoms with E-state index in [4.69, 9.17) is 20.3 Å². The third kappa shape index (κ3) is 3.06. The van der Waals surface area contributed by atoms with Crippen molar-refractivity contribution in [1.82, 2.24) is 19.5 Å². The lowest BCUT2D eigenvalue weighted by Crippen LogP contribution is -2.43. The first kappa shape index (κ1) is 17.9. The van der Waals surface area contributed by atoms with Gasteiger partial charge in [-0.05, 0) is 6.92 Å². The molecular formula is C11H16N5O8P. The van der Waals surface area contributed by atoms with Gasteiger partial charge in [0.15, 0.2) is 16.9 Å². The van der Waals surface area contributed by atoms with Crippen LogP contribution in [0.3, 0.4) is 0 Å². The van der Waals surface area contributed by atoms with Crippen molar-refractivity contribution in [2.24, 2.45) is 0 Å². The molecule has 1 saturated heterocycles. The van der Waals surface area contributed by atoms with E-state index < -0.39 is 44.0 Å². The Morgan fingerprint density at radius 2 is 2.20 bits per heavy atom. The van der Waals surface area contributed by atoms with E-state index in [1.54, 1.807) is 0 Å². The number of nitrogens with one attached hydrogen (secondary N) is 1. The summed E-state index contributed by atoms with van der Waals surface area (Å²) in [5.74, 6) is -0.183. The van der Waals surface area contributed by atoms with Gasteiger partial charge in [-0.1, -0.05) is 0 Å². The van der Waals surface area contributed by atoms with Crippen LogP contribution in [0, 0.1) is 0 Å². The van der Waals surface area contributed by atoms with Crippen LogP contribution >= 0.6 is 7.82 Å². The summed E-state index contributed by atoms with van der Waals surface area (Å²) in [5, 5.41) is 20.5. The van der Waals surface area contributed by atoms with Crippen LogP contribution in [-0.4, -0.2) is 64.4 Å². The van der Waals surface area contributed by atoms with Crippen molar-refractivity contribution in [3.05, 3.63) is 16.7 Å². The SMILES string of the molecule is C[C@@]1(n2cnc3c(=O)[nH]c(N)nc32)O[C@H](COP(=O)(O)O)[C@@H](O)[C@H]1O. The van der Waals surface area contributed by atoms with Crippen molar-refractivity contribution >= 4 is 24.9 Å². The maximum atomic E-state index is 11.8. The molecule has 1 aliphatic heterocycles. The fraction of sp³-hybridized carbons (Fsp3) is 0.545. The summed E-state index contributed by atoms with van der Waals surface area (Å²) in [6, 6.07) is 0. The van der Waals surface area contributed by atoms with Gasteiger partial charge in [-0.15, -0.1) is 0 Å². The largest absolute Gasteiger partial charge is 0.469 e. The highest BCUT2D eigenvalue weighted by Crippen LogP contribution is 2.40. The molecule has 2 aromatic rings. The van der Waals surface area contributed by atoms with Crippen molar-refractivity contribution in [2.75, 3.05) is 12.3 Å². The molecule has 0 amide bonds. The Hall–Kier alpha value is -1.86. The predicted molar refractivity (Wildman–Crippen MR) is 81.1 cm³/mol. The Morgan fingerprint density at radius 3 is 2.84 bits per heavy atom. The number of H-pyrrole nitrogens is 1. The lowest BCUT2D eigenvalue weighted by Gasteiger charge is -2.29. The summed E-state index contributed by atoms with van der Waals surface area (Å²) in [6.07, 6.45) is -3.12. The summed E-state index contributed by atoms with van der Waals surface area (Å²) in [4.78, 5) is 39.5. The first-order chi connectivity index (χ1) is 11.5. The molecule has 138 valence electrons. The molecule has 3 rings (SSSR count). The zero-order chi connectivity index (χ0) is 18.6. The normalized spacial score (nSPS) is 30.2. The Kier molecular flexibility index (Phi) is 4.20. The Labute approximate surface area is 139 Å². The summed E-state index contributed by atoms with van der Waals surface area (Å²) in [6.45, 7) is 0.722. The highest BCUT2D eigenvalue weighted by molar-refractivity contribution is 7.46. The molecule has 0 bridgehead atoms. The maximum absolute atomic E-state index is 11.8. The van der Waals surface area contributed by atoms with Gasteiger partial charge in [0, 0.05) is 0 Å². The number of anilines is 1. The molecule has 25 heavy (non-hydrogen) atoms. The average molecular weight is 377 g/mol. The molecule has 0 spiro atoms. The molecule has 3 heterocycles. The minimum Gasteiger partial charge on any atom is -0.387 e. The number of aromatic nitrogens is 4. The van der Waals surface area contributed by atoms with Gasteiger partial charge in [0.25, 0.3) is 5.56 Å². The smallest absolute Gasteiger partial charge is 0.387 e. The van der Waals surface area contributed by atoms with Crippen molar-refractivity contribution in [1.29, 1.82) is 0 Å². The van der Waals surface area contributed by atoms with Gasteiger partial charge in [0.1, 0.15) is 18.3 Å². The van der Waals surface area contributed by atoms with E-state index in [0.717, 1.165) is 0 Å². The number of nitrogens with two attached hydrogens (primary N) is 1. The van der Waals surface area contributed by atoms with Crippen LogP contribution in [0.4, 0.5) is 5.95 Å². The number of aliphatic hydroxyl groups is 2. The number of aromatic amines is 1. The second-order valence-corrected chi connectivity index (χ2v) is 6.91. The molecule has 7 N–H and O–H groups in total. The number of phosphoric ester groups is 1. The van der Waals surface area contributed by atoms with Gasteiger partial charge in [-0.25, -0.2) is 9.55 Å². The molecule has 0 aromatic carbocycles. The van der Waals surface area contributed by atoms with Crippen LogP contribution in [0.15, 0.2) is 11.1 Å². The molecule has 1 fully saturated rings. The van der Waals surface area contributed by atoms with Crippen molar-refractivity contribution in [3.63, 3.8) is 0 Å². The summed E-state index contributed by atoms with van der Waals surface area (Å²) >= 11 is 0. The number of ether oxygens (including phenoxy) is 1. The number of phosphoric acid groups is 1. The van der Waals surface area contributed by atoms with Crippen molar-refractivity contribution in [3.8, 4) is 0 Å². The molecule has 0 radical (unpaired) electrons. The molecule has 4 atom stereocenters. The number of nitrogen functional groups attached to an aromatic ring is 1. The van der Waals surface area contributed by atoms with Gasteiger partial charge in [-0.2, -0.15) is 4.98 Å². The third-order valence-corrected chi connectivity index (χ3v) is 4.44. The quantitative estimate of drug-likeness (QED) is 0.310. The lowest BCUT2D eigenvalue weighted by molar-refractivity contribution is -0.131. The van der Waals surface area contributed by atoms with Crippen LogP contribution in [0.25, 0.3) is 11.2 Å². The van der Waals surface area contributed by atoms with Crippen LogP contribution in [0.1, 0.15) is 6.92 Å². The molecule has 1 aliphatic rings. The number of aliphatic hydroxyl groups excluding tert-OH is 2. The lowest BCUT2D eigenvalue weighted by atomic mass is 10.0. The first-order valence-corrected chi connectivity index (χ1v) is 8.53. The first-order valence-electron chi connectivity index (χ1n) is 7.00. The van der Waals surface area contributed by atoms with E-state index in [0.29, 0.717) is 0 Å². The minimum atomic E-state index is -4.78. The second kappa shape index (κ2) is 5.85. The van der Waals surface area contributed by atoms with Gasteiger partial charge < -0.3 is 30.5 Å². The van der Waals surface area contributed by atoms with Gasteiger partial charge in [0.2, 0.25) is 5.95 Å². The van der Waals surface area contributed by atoms with Crippen LogP contribution in [0.2, 0.25) is 0 Å². The van der Waals surface area contributed by atoms with E-state index in [1.165, 1.54) is 17.8 Å². The van der Waals surface area contributed by atoms with E-state index in [2.05, 4.69) is 19.5 Å². The number of rotatable bonds is 4. The Balaban J connectivity index is 1.99. The van der Waals surface area contributed by atoms with E-state index >= 15 is 0 Å². The highest BCUT2D eigenvalue weighted by atomic mass is 31.2. The molecule has 2 aromatic heterocycles. The van der Waals surface area contributed by atoms with E-state index in [9.17, 15) is 19.6 Å². The predicted octanol–water partition coefficient (Wildman–Crippen LogP) is -2.40. The fourth-order valence-electron chi connectivity index (χ4n) is 2.72. The van der Waals surface area contributed by atoms with E-state index in [-0.39, 0.29) is 17.1 Å². The van der Waals surface area contributed by atoms with E-state index in [1.807, 2.05) is 0 Å². The number of hydrogen-bond donors (Lipinski definition) is 6. The summed E-state index contributed by atoms with van der Waals surface area (Å²) in [7, 11) is -4.78. The summed E-state index contributed by atoms with van der Waals surface area (Å²) < 4.78 is 21.9. The minimum absolute atomic E-state index is 0.00607. The maximum Gasteiger partial charge on any atom is 0.469 e. The van der Waals surface area contributed by atoms with Crippen molar-refractivity contribution < 1.29 is 33.8 Å². The zero-order valence-electron chi connectivity index (χ0n) is 12.8. The van der Waals surface area contributed by atoms with Gasteiger partial charge in [0.05, 0.1) is 12.9 Å². The monoisotopic (exact) mass is 377 g/mol. The molecule has 0 aliphatic carbocycles. The van der Waals surface area contributed by atoms with Gasteiger partial charge in [-0.3, -0.25) is 18.9 Å². The highest BCUT2D eigenvalue weighted by Gasteiger charge is 2.53. The fourth-order valence-corrected chi connectivity index (χ4v) is 3.06. The molecule has 0 saturated carbocycles. The zero-order valence-corrected chi connectivity index (χ0v) is 13.7. The molecule has 13 nitrogen and oxygen atoms in total. The average Bonchev–Trinajstić information content (AvgIpc) is 3.01. The Morgan fingerprint density at radius 1 is 1.52 bits per heavy atom.